The van der Waals surface area contributed by atoms with Gasteiger partial charge in [-0.3, -0.25) is 4.98 Å². The SMILES string of the molecule is N#Cc1cncc(-c2nc(Cl)nc3c2SCC3)c1. The molecule has 0 unspecified atom stereocenters. The second-order valence-corrected chi connectivity index (χ2v) is 5.23. The molecule has 0 N–H and O–H groups in total. The molecule has 0 aliphatic carbocycles. The molecule has 18 heavy (non-hydrogen) atoms. The van der Waals surface area contributed by atoms with Crippen LogP contribution in [0, 0.1) is 11.3 Å². The first-order valence-electron chi connectivity index (χ1n) is 5.32. The Morgan fingerprint density at radius 2 is 2.22 bits per heavy atom. The number of aryl methyl sites for hydroxylation is 1. The standard InChI is InChI=1S/C12H7ClN4S/c13-12-16-9-1-2-18-11(9)10(17-12)8-3-7(4-14)5-15-6-8/h3,5-6H,1-2H2. The van der Waals surface area contributed by atoms with Crippen LogP contribution in [0.15, 0.2) is 23.4 Å². The van der Waals surface area contributed by atoms with Crippen LogP contribution in [-0.2, 0) is 6.42 Å². The van der Waals surface area contributed by atoms with Gasteiger partial charge in [0.25, 0.3) is 0 Å². The lowest BCUT2D eigenvalue weighted by molar-refractivity contribution is 0.980. The summed E-state index contributed by atoms with van der Waals surface area (Å²) in [6.07, 6.45) is 4.12. The molecule has 3 rings (SSSR count). The van der Waals surface area contributed by atoms with E-state index in [2.05, 4.69) is 21.0 Å². The highest BCUT2D eigenvalue weighted by atomic mass is 35.5. The van der Waals surface area contributed by atoms with Crippen molar-refractivity contribution in [3.63, 3.8) is 0 Å². The van der Waals surface area contributed by atoms with Gasteiger partial charge in [0.05, 0.1) is 21.8 Å². The average Bonchev–Trinajstić information content (AvgIpc) is 2.85. The maximum atomic E-state index is 8.90. The molecule has 0 atom stereocenters. The van der Waals surface area contributed by atoms with E-state index < -0.39 is 0 Å². The fourth-order valence-electron chi connectivity index (χ4n) is 1.86. The normalized spacial score (nSPS) is 13.1. The maximum absolute atomic E-state index is 8.90. The highest BCUT2D eigenvalue weighted by Crippen LogP contribution is 2.37. The minimum Gasteiger partial charge on any atom is -0.263 e. The van der Waals surface area contributed by atoms with E-state index in [0.717, 1.165) is 34.0 Å². The fraction of sp³-hybridized carbons (Fsp3) is 0.167. The third-order valence-electron chi connectivity index (χ3n) is 2.63. The predicted molar refractivity (Wildman–Crippen MR) is 69.4 cm³/mol. The van der Waals surface area contributed by atoms with Crippen LogP contribution in [0.25, 0.3) is 11.3 Å². The van der Waals surface area contributed by atoms with Crippen LogP contribution in [0.3, 0.4) is 0 Å². The van der Waals surface area contributed by atoms with Crippen molar-refractivity contribution in [1.82, 2.24) is 15.0 Å². The lowest BCUT2D eigenvalue weighted by atomic mass is 10.1. The van der Waals surface area contributed by atoms with Crippen molar-refractivity contribution in [3.05, 3.63) is 35.0 Å². The largest absolute Gasteiger partial charge is 0.263 e. The second kappa shape index (κ2) is 4.56. The predicted octanol–water partition coefficient (Wildman–Crippen LogP) is 2.71. The Balaban J connectivity index is 2.20. The van der Waals surface area contributed by atoms with E-state index >= 15 is 0 Å². The molecule has 0 aromatic carbocycles. The number of thioether (sulfide) groups is 1. The first kappa shape index (κ1) is 11.5. The second-order valence-electron chi connectivity index (χ2n) is 3.79. The van der Waals surface area contributed by atoms with Crippen molar-refractivity contribution in [2.45, 2.75) is 11.3 Å². The topological polar surface area (TPSA) is 62.5 Å². The molecule has 3 heterocycles. The summed E-state index contributed by atoms with van der Waals surface area (Å²) in [7, 11) is 0. The number of nitriles is 1. The number of rotatable bonds is 1. The van der Waals surface area contributed by atoms with Crippen LogP contribution in [0.2, 0.25) is 5.28 Å². The zero-order valence-corrected chi connectivity index (χ0v) is 10.8. The molecule has 1 aliphatic rings. The van der Waals surface area contributed by atoms with Gasteiger partial charge < -0.3 is 0 Å². The van der Waals surface area contributed by atoms with Gasteiger partial charge in [0.2, 0.25) is 5.28 Å². The molecule has 0 saturated heterocycles. The number of hydrogen-bond donors (Lipinski definition) is 0. The molecule has 2 aromatic rings. The van der Waals surface area contributed by atoms with Gasteiger partial charge in [0.1, 0.15) is 6.07 Å². The van der Waals surface area contributed by atoms with E-state index in [4.69, 9.17) is 16.9 Å². The van der Waals surface area contributed by atoms with Crippen molar-refractivity contribution in [3.8, 4) is 17.3 Å². The lowest BCUT2D eigenvalue weighted by Crippen LogP contribution is -1.96. The van der Waals surface area contributed by atoms with Gasteiger partial charge in [-0.05, 0) is 17.7 Å². The monoisotopic (exact) mass is 274 g/mol. The van der Waals surface area contributed by atoms with E-state index in [9.17, 15) is 0 Å². The fourth-order valence-corrected chi connectivity index (χ4v) is 3.16. The molecule has 0 fully saturated rings. The van der Waals surface area contributed by atoms with Gasteiger partial charge >= 0.3 is 0 Å². The Hall–Kier alpha value is -1.64. The lowest BCUT2D eigenvalue weighted by Gasteiger charge is -2.06. The van der Waals surface area contributed by atoms with E-state index in [1.165, 1.54) is 6.20 Å². The highest BCUT2D eigenvalue weighted by Gasteiger charge is 2.20. The first-order valence-corrected chi connectivity index (χ1v) is 6.69. The molecule has 0 spiro atoms. The highest BCUT2D eigenvalue weighted by molar-refractivity contribution is 7.99. The van der Waals surface area contributed by atoms with Crippen LogP contribution in [0.5, 0.6) is 0 Å². The van der Waals surface area contributed by atoms with Crippen molar-refractivity contribution in [2.24, 2.45) is 0 Å². The zero-order chi connectivity index (χ0) is 12.5. The molecule has 6 heteroatoms. The number of fused-ring (bicyclic) bond motifs is 1. The zero-order valence-electron chi connectivity index (χ0n) is 9.22. The Bertz CT molecular complexity index is 666. The van der Waals surface area contributed by atoms with E-state index in [0.29, 0.717) is 5.56 Å². The van der Waals surface area contributed by atoms with Crippen molar-refractivity contribution in [2.75, 3.05) is 5.75 Å². The van der Waals surface area contributed by atoms with Crippen LogP contribution in [0.4, 0.5) is 0 Å². The summed E-state index contributed by atoms with van der Waals surface area (Å²) in [5.41, 5.74) is 3.08. The van der Waals surface area contributed by atoms with Gasteiger partial charge in [-0.15, -0.1) is 11.8 Å². The smallest absolute Gasteiger partial charge is 0.223 e. The quantitative estimate of drug-likeness (QED) is 0.748. The van der Waals surface area contributed by atoms with E-state index in [1.807, 2.05) is 0 Å². The third kappa shape index (κ3) is 1.94. The van der Waals surface area contributed by atoms with Crippen molar-refractivity contribution < 1.29 is 0 Å². The molecule has 4 nitrogen and oxygen atoms in total. The number of pyridine rings is 1. The number of hydrogen-bond acceptors (Lipinski definition) is 5. The average molecular weight is 275 g/mol. The van der Waals surface area contributed by atoms with Crippen LogP contribution < -0.4 is 0 Å². The molecule has 1 aliphatic heterocycles. The van der Waals surface area contributed by atoms with Gasteiger partial charge in [0.15, 0.2) is 0 Å². The number of halogens is 1. The van der Waals surface area contributed by atoms with Crippen LogP contribution in [-0.4, -0.2) is 20.7 Å². The molecule has 2 aromatic heterocycles. The van der Waals surface area contributed by atoms with Crippen LogP contribution >= 0.6 is 23.4 Å². The minimum atomic E-state index is 0.244. The minimum absolute atomic E-state index is 0.244. The Morgan fingerprint density at radius 1 is 1.33 bits per heavy atom. The summed E-state index contributed by atoms with van der Waals surface area (Å²) in [4.78, 5) is 13.6. The third-order valence-corrected chi connectivity index (χ3v) is 3.93. The number of aromatic nitrogens is 3. The Labute approximate surface area is 113 Å². The molecule has 88 valence electrons. The van der Waals surface area contributed by atoms with Gasteiger partial charge in [-0.2, -0.15) is 5.26 Å². The molecule has 0 amide bonds. The van der Waals surface area contributed by atoms with Crippen LogP contribution in [0.1, 0.15) is 11.3 Å². The summed E-state index contributed by atoms with van der Waals surface area (Å²) in [6.45, 7) is 0. The van der Waals surface area contributed by atoms with Gasteiger partial charge in [0, 0.05) is 30.1 Å². The van der Waals surface area contributed by atoms with Crippen molar-refractivity contribution in [1.29, 1.82) is 5.26 Å². The maximum Gasteiger partial charge on any atom is 0.223 e. The summed E-state index contributed by atoms with van der Waals surface area (Å²) in [6, 6.07) is 3.84. The Morgan fingerprint density at radius 3 is 3.06 bits per heavy atom. The summed E-state index contributed by atoms with van der Waals surface area (Å²) in [5.74, 6) is 0.989. The summed E-state index contributed by atoms with van der Waals surface area (Å²) in [5, 5.41) is 9.15. The van der Waals surface area contributed by atoms with Gasteiger partial charge in [-0.1, -0.05) is 0 Å². The van der Waals surface area contributed by atoms with Gasteiger partial charge in [-0.25, -0.2) is 9.97 Å². The molecule has 0 radical (unpaired) electrons. The molecule has 0 saturated carbocycles. The number of nitrogens with zero attached hydrogens (tertiary/aromatic N) is 4. The van der Waals surface area contributed by atoms with E-state index in [1.54, 1.807) is 24.0 Å². The Kier molecular flexibility index (Phi) is 2.90. The molecular weight excluding hydrogens is 268 g/mol. The van der Waals surface area contributed by atoms with Crippen molar-refractivity contribution >= 4 is 23.4 Å². The van der Waals surface area contributed by atoms with E-state index in [-0.39, 0.29) is 5.28 Å². The molecular formula is C12H7ClN4S. The first-order chi connectivity index (χ1) is 8.78. The molecule has 0 bridgehead atoms. The summed E-state index contributed by atoms with van der Waals surface area (Å²) >= 11 is 7.65. The summed E-state index contributed by atoms with van der Waals surface area (Å²) < 4.78 is 0.